The number of rotatable bonds is 7. The standard InChI is InChI=1S/C12H20N4O4S/c1-13-9(17)7-21-8-10(18)14-3-4-16-6-5-15(2)11(19)12(16)20/h3-8H2,1-2H3,(H,13,17)(H,14,18). The van der Waals surface area contributed by atoms with Crippen molar-refractivity contribution in [3.05, 3.63) is 0 Å². The summed E-state index contributed by atoms with van der Waals surface area (Å²) in [7, 11) is 3.13. The van der Waals surface area contributed by atoms with Crippen molar-refractivity contribution >= 4 is 35.4 Å². The van der Waals surface area contributed by atoms with E-state index in [0.29, 0.717) is 26.2 Å². The molecule has 2 N–H and O–H groups in total. The topological polar surface area (TPSA) is 98.8 Å². The van der Waals surface area contributed by atoms with Gasteiger partial charge >= 0.3 is 11.8 Å². The Morgan fingerprint density at radius 2 is 1.81 bits per heavy atom. The molecule has 0 radical (unpaired) electrons. The first-order valence-electron chi connectivity index (χ1n) is 6.55. The van der Waals surface area contributed by atoms with Gasteiger partial charge in [0.2, 0.25) is 11.8 Å². The van der Waals surface area contributed by atoms with Crippen molar-refractivity contribution < 1.29 is 19.2 Å². The molecule has 0 spiro atoms. The lowest BCUT2D eigenvalue weighted by Gasteiger charge is -2.31. The van der Waals surface area contributed by atoms with Gasteiger partial charge in [0.1, 0.15) is 0 Å². The normalized spacial score (nSPS) is 15.1. The van der Waals surface area contributed by atoms with Crippen LogP contribution in [0.5, 0.6) is 0 Å². The van der Waals surface area contributed by atoms with Crippen LogP contribution in [0.4, 0.5) is 0 Å². The van der Waals surface area contributed by atoms with Gasteiger partial charge in [-0.2, -0.15) is 0 Å². The maximum Gasteiger partial charge on any atom is 0.312 e. The highest BCUT2D eigenvalue weighted by molar-refractivity contribution is 8.00. The number of hydrogen-bond donors (Lipinski definition) is 2. The van der Waals surface area contributed by atoms with Crippen molar-refractivity contribution in [1.82, 2.24) is 20.4 Å². The highest BCUT2D eigenvalue weighted by atomic mass is 32.2. The number of nitrogens with zero attached hydrogens (tertiary/aromatic N) is 2. The summed E-state index contributed by atoms with van der Waals surface area (Å²) in [6.45, 7) is 1.58. The second-order valence-electron chi connectivity index (χ2n) is 4.53. The molecule has 1 aliphatic heterocycles. The van der Waals surface area contributed by atoms with E-state index in [1.54, 1.807) is 7.05 Å². The summed E-state index contributed by atoms with van der Waals surface area (Å²) in [4.78, 5) is 48.4. The van der Waals surface area contributed by atoms with Gasteiger partial charge in [-0.1, -0.05) is 0 Å². The number of hydrogen-bond acceptors (Lipinski definition) is 5. The Labute approximate surface area is 127 Å². The minimum absolute atomic E-state index is 0.130. The summed E-state index contributed by atoms with van der Waals surface area (Å²) < 4.78 is 0. The minimum Gasteiger partial charge on any atom is -0.358 e. The average Bonchev–Trinajstić information content (AvgIpc) is 2.47. The highest BCUT2D eigenvalue weighted by Crippen LogP contribution is 2.02. The van der Waals surface area contributed by atoms with Crippen LogP contribution >= 0.6 is 11.8 Å². The number of nitrogens with one attached hydrogen (secondary N) is 2. The lowest BCUT2D eigenvalue weighted by Crippen LogP contribution is -2.54. The number of carbonyl (C=O) groups excluding carboxylic acids is 4. The van der Waals surface area contributed by atoms with Gasteiger partial charge in [0.25, 0.3) is 0 Å². The van der Waals surface area contributed by atoms with Crippen LogP contribution in [0.25, 0.3) is 0 Å². The van der Waals surface area contributed by atoms with Gasteiger partial charge in [0.15, 0.2) is 0 Å². The molecule has 21 heavy (non-hydrogen) atoms. The number of thioether (sulfide) groups is 1. The first kappa shape index (κ1) is 17.3. The van der Waals surface area contributed by atoms with Gasteiger partial charge in [-0.3, -0.25) is 19.2 Å². The fourth-order valence-electron chi connectivity index (χ4n) is 1.68. The molecule has 1 heterocycles. The maximum absolute atomic E-state index is 11.7. The zero-order valence-electron chi connectivity index (χ0n) is 12.2. The molecule has 1 rings (SSSR count). The van der Waals surface area contributed by atoms with Crippen molar-refractivity contribution in [3.8, 4) is 0 Å². The molecule has 1 fully saturated rings. The van der Waals surface area contributed by atoms with E-state index in [0.717, 1.165) is 0 Å². The van der Waals surface area contributed by atoms with E-state index < -0.39 is 11.8 Å². The van der Waals surface area contributed by atoms with Crippen LogP contribution in [0.1, 0.15) is 0 Å². The molecule has 0 aromatic carbocycles. The third-order valence-corrected chi connectivity index (χ3v) is 3.90. The zero-order chi connectivity index (χ0) is 15.8. The highest BCUT2D eigenvalue weighted by Gasteiger charge is 2.29. The molecule has 0 bridgehead atoms. The molecule has 0 aliphatic carbocycles. The summed E-state index contributed by atoms with van der Waals surface area (Å²) >= 11 is 1.22. The van der Waals surface area contributed by atoms with Crippen LogP contribution < -0.4 is 10.6 Å². The van der Waals surface area contributed by atoms with Crippen LogP contribution in [0.2, 0.25) is 0 Å². The molecule has 1 saturated heterocycles. The smallest absolute Gasteiger partial charge is 0.312 e. The Morgan fingerprint density at radius 1 is 1.14 bits per heavy atom. The minimum atomic E-state index is -0.535. The Hall–Kier alpha value is -1.77. The summed E-state index contributed by atoms with van der Waals surface area (Å²) in [5.41, 5.74) is 0. The molecule has 0 saturated carbocycles. The van der Waals surface area contributed by atoms with Crippen LogP contribution in [-0.2, 0) is 19.2 Å². The van der Waals surface area contributed by atoms with E-state index >= 15 is 0 Å². The van der Waals surface area contributed by atoms with Gasteiger partial charge in [-0.25, -0.2) is 0 Å². The van der Waals surface area contributed by atoms with Crippen molar-refractivity contribution in [2.24, 2.45) is 0 Å². The van der Waals surface area contributed by atoms with E-state index in [-0.39, 0.29) is 23.3 Å². The Balaban J connectivity index is 2.18. The largest absolute Gasteiger partial charge is 0.358 e. The van der Waals surface area contributed by atoms with E-state index in [1.807, 2.05) is 0 Å². The van der Waals surface area contributed by atoms with E-state index in [2.05, 4.69) is 10.6 Å². The fourth-order valence-corrected chi connectivity index (χ4v) is 2.39. The number of amides is 4. The van der Waals surface area contributed by atoms with Gasteiger partial charge in [0.05, 0.1) is 11.5 Å². The molecular formula is C12H20N4O4S. The van der Waals surface area contributed by atoms with E-state index in [9.17, 15) is 19.2 Å². The summed E-state index contributed by atoms with van der Waals surface area (Å²) in [6, 6.07) is 0. The van der Waals surface area contributed by atoms with Crippen molar-refractivity contribution in [3.63, 3.8) is 0 Å². The van der Waals surface area contributed by atoms with Crippen molar-refractivity contribution in [2.45, 2.75) is 0 Å². The monoisotopic (exact) mass is 316 g/mol. The Bertz CT molecular complexity index is 429. The summed E-state index contributed by atoms with van der Waals surface area (Å²) in [6.07, 6.45) is 0. The number of piperazine rings is 1. The molecule has 0 aromatic rings. The van der Waals surface area contributed by atoms with Crippen LogP contribution in [0.3, 0.4) is 0 Å². The van der Waals surface area contributed by atoms with Crippen molar-refractivity contribution in [2.75, 3.05) is 51.8 Å². The molecule has 1 aliphatic rings. The predicted molar refractivity (Wildman–Crippen MR) is 78.6 cm³/mol. The lowest BCUT2D eigenvalue weighted by molar-refractivity contribution is -0.154. The molecule has 4 amide bonds. The maximum atomic E-state index is 11.7. The third kappa shape index (κ3) is 5.62. The molecule has 9 heteroatoms. The second-order valence-corrected chi connectivity index (χ2v) is 5.52. The van der Waals surface area contributed by atoms with Gasteiger partial charge in [-0.05, 0) is 0 Å². The predicted octanol–water partition coefficient (Wildman–Crippen LogP) is -2.12. The molecule has 118 valence electrons. The van der Waals surface area contributed by atoms with Gasteiger partial charge < -0.3 is 20.4 Å². The zero-order valence-corrected chi connectivity index (χ0v) is 13.0. The quantitative estimate of drug-likeness (QED) is 0.523. The lowest BCUT2D eigenvalue weighted by atomic mass is 10.3. The average molecular weight is 316 g/mol. The third-order valence-electron chi connectivity index (χ3n) is 2.97. The van der Waals surface area contributed by atoms with Crippen molar-refractivity contribution in [1.29, 1.82) is 0 Å². The SMILES string of the molecule is CNC(=O)CSCC(=O)NCCN1CCN(C)C(=O)C1=O. The first-order valence-corrected chi connectivity index (χ1v) is 7.70. The Morgan fingerprint density at radius 3 is 2.48 bits per heavy atom. The first-order chi connectivity index (χ1) is 9.95. The fraction of sp³-hybridized carbons (Fsp3) is 0.667. The molecule has 8 nitrogen and oxygen atoms in total. The van der Waals surface area contributed by atoms with E-state index in [4.69, 9.17) is 0 Å². The van der Waals surface area contributed by atoms with Crippen LogP contribution in [0, 0.1) is 0 Å². The number of carbonyl (C=O) groups is 4. The molecule has 0 unspecified atom stereocenters. The second kappa shape index (κ2) is 8.50. The molecular weight excluding hydrogens is 296 g/mol. The Kier molecular flexibility index (Phi) is 7.00. The molecule has 0 aromatic heterocycles. The summed E-state index contributed by atoms with van der Waals surface area (Å²) in [5.74, 6) is -0.967. The summed E-state index contributed by atoms with van der Waals surface area (Å²) in [5, 5.41) is 5.12. The van der Waals surface area contributed by atoms with Crippen LogP contribution in [0.15, 0.2) is 0 Å². The van der Waals surface area contributed by atoms with Gasteiger partial charge in [-0.15, -0.1) is 11.8 Å². The van der Waals surface area contributed by atoms with Crippen LogP contribution in [-0.4, -0.2) is 85.2 Å². The number of likely N-dealkylation sites (N-methyl/N-ethyl adjacent to an activating group) is 1. The molecule has 0 atom stereocenters. The van der Waals surface area contributed by atoms with E-state index in [1.165, 1.54) is 28.6 Å². The van der Waals surface area contributed by atoms with Gasteiger partial charge in [0, 0.05) is 40.3 Å².